The highest BCUT2D eigenvalue weighted by molar-refractivity contribution is 7.99. The molecule has 7 nitrogen and oxygen atoms in total. The van der Waals surface area contributed by atoms with Crippen molar-refractivity contribution in [3.05, 3.63) is 54.1 Å². The zero-order chi connectivity index (χ0) is 20.4. The molecule has 148 valence electrons. The van der Waals surface area contributed by atoms with E-state index in [9.17, 15) is 14.4 Å². The maximum Gasteiger partial charge on any atom is 0.253 e. The fourth-order valence-electron chi connectivity index (χ4n) is 2.33. The minimum absolute atomic E-state index is 0.0584. The summed E-state index contributed by atoms with van der Waals surface area (Å²) in [7, 11) is 1.61. The molecule has 0 aliphatic rings. The van der Waals surface area contributed by atoms with Crippen LogP contribution < -0.4 is 21.1 Å². The van der Waals surface area contributed by atoms with Crippen LogP contribution in [0.2, 0.25) is 0 Å². The van der Waals surface area contributed by atoms with Gasteiger partial charge in [0.2, 0.25) is 11.8 Å². The number of benzene rings is 2. The first-order chi connectivity index (χ1) is 13.5. The van der Waals surface area contributed by atoms with Gasteiger partial charge in [0, 0.05) is 30.0 Å². The van der Waals surface area contributed by atoms with E-state index in [2.05, 4.69) is 10.6 Å². The van der Waals surface area contributed by atoms with E-state index in [1.165, 1.54) is 0 Å². The number of hydrogen-bond acceptors (Lipinski definition) is 5. The van der Waals surface area contributed by atoms with Gasteiger partial charge in [-0.15, -0.1) is 11.8 Å². The number of carbonyl (C=O) groups is 3. The summed E-state index contributed by atoms with van der Waals surface area (Å²) in [4.78, 5) is 36.3. The summed E-state index contributed by atoms with van der Waals surface area (Å²) in [6, 6.07) is 14.3. The SMILES string of the molecule is COc1ccc(SCCC(=O)Nc2ccccc2C(=O)NCCC(N)=O)cc1. The summed E-state index contributed by atoms with van der Waals surface area (Å²) in [5.41, 5.74) is 5.83. The molecule has 0 saturated heterocycles. The number of para-hydroxylation sites is 1. The van der Waals surface area contributed by atoms with Crippen LogP contribution >= 0.6 is 11.8 Å². The lowest BCUT2D eigenvalue weighted by atomic mass is 10.1. The lowest BCUT2D eigenvalue weighted by Gasteiger charge is -2.11. The highest BCUT2D eigenvalue weighted by Crippen LogP contribution is 2.22. The molecule has 2 aromatic rings. The molecule has 3 amide bonds. The van der Waals surface area contributed by atoms with Crippen molar-refractivity contribution in [2.75, 3.05) is 24.7 Å². The second-order valence-corrected chi connectivity index (χ2v) is 7.01. The second kappa shape index (κ2) is 11.0. The fourth-order valence-corrected chi connectivity index (χ4v) is 3.18. The Bertz CT molecular complexity index is 824. The predicted octanol–water partition coefficient (Wildman–Crippen LogP) is 2.42. The van der Waals surface area contributed by atoms with Crippen molar-refractivity contribution in [2.24, 2.45) is 5.73 Å². The Kier molecular flexibility index (Phi) is 8.36. The Balaban J connectivity index is 1.85. The topological polar surface area (TPSA) is 111 Å². The standard InChI is InChI=1S/C20H23N3O4S/c1-27-14-6-8-15(9-7-14)28-13-11-19(25)23-17-5-3-2-4-16(17)20(26)22-12-10-18(21)24/h2-9H,10-13H2,1H3,(H2,21,24)(H,22,26)(H,23,25). The van der Waals surface area contributed by atoms with E-state index in [1.54, 1.807) is 43.1 Å². The smallest absolute Gasteiger partial charge is 0.253 e. The highest BCUT2D eigenvalue weighted by atomic mass is 32.2. The number of hydrogen-bond donors (Lipinski definition) is 3. The number of carbonyl (C=O) groups excluding carboxylic acids is 3. The zero-order valence-corrected chi connectivity index (χ0v) is 16.4. The summed E-state index contributed by atoms with van der Waals surface area (Å²) in [5, 5.41) is 5.38. The average molecular weight is 401 g/mol. The van der Waals surface area contributed by atoms with Crippen LogP contribution in [0, 0.1) is 0 Å². The van der Waals surface area contributed by atoms with Crippen molar-refractivity contribution in [3.63, 3.8) is 0 Å². The third-order valence-electron chi connectivity index (χ3n) is 3.76. The van der Waals surface area contributed by atoms with Gasteiger partial charge in [-0.05, 0) is 36.4 Å². The number of methoxy groups -OCH3 is 1. The summed E-state index contributed by atoms with van der Waals surface area (Å²) in [6.07, 6.45) is 0.358. The molecule has 0 aromatic heterocycles. The van der Waals surface area contributed by atoms with E-state index in [1.807, 2.05) is 24.3 Å². The molecule has 0 saturated carbocycles. The van der Waals surface area contributed by atoms with Gasteiger partial charge in [0.15, 0.2) is 0 Å². The Morgan fingerprint density at radius 2 is 1.75 bits per heavy atom. The molecule has 28 heavy (non-hydrogen) atoms. The first-order valence-electron chi connectivity index (χ1n) is 8.72. The fraction of sp³-hybridized carbons (Fsp3) is 0.250. The maximum atomic E-state index is 12.3. The molecule has 0 fully saturated rings. The van der Waals surface area contributed by atoms with E-state index < -0.39 is 5.91 Å². The number of nitrogens with one attached hydrogen (secondary N) is 2. The number of amides is 3. The monoisotopic (exact) mass is 401 g/mol. The molecule has 0 unspecified atom stereocenters. The average Bonchev–Trinajstić information content (AvgIpc) is 2.68. The van der Waals surface area contributed by atoms with E-state index in [-0.39, 0.29) is 24.8 Å². The van der Waals surface area contributed by atoms with Crippen LogP contribution in [0.4, 0.5) is 5.69 Å². The van der Waals surface area contributed by atoms with Gasteiger partial charge in [0.25, 0.3) is 5.91 Å². The van der Waals surface area contributed by atoms with Crippen molar-refractivity contribution in [1.29, 1.82) is 0 Å². The number of anilines is 1. The van der Waals surface area contributed by atoms with Gasteiger partial charge in [0.05, 0.1) is 18.4 Å². The second-order valence-electron chi connectivity index (χ2n) is 5.84. The van der Waals surface area contributed by atoms with Gasteiger partial charge in [0.1, 0.15) is 5.75 Å². The number of thioether (sulfide) groups is 1. The van der Waals surface area contributed by atoms with Gasteiger partial charge in [-0.25, -0.2) is 0 Å². The first kappa shape index (κ1) is 21.3. The number of nitrogens with two attached hydrogens (primary N) is 1. The van der Waals surface area contributed by atoms with E-state index in [0.29, 0.717) is 23.4 Å². The number of primary amides is 1. The largest absolute Gasteiger partial charge is 0.497 e. The van der Waals surface area contributed by atoms with Crippen LogP contribution in [0.25, 0.3) is 0 Å². The minimum Gasteiger partial charge on any atom is -0.497 e. The molecule has 0 radical (unpaired) electrons. The van der Waals surface area contributed by atoms with Crippen LogP contribution in [0.15, 0.2) is 53.4 Å². The van der Waals surface area contributed by atoms with Crippen LogP contribution in [0.1, 0.15) is 23.2 Å². The van der Waals surface area contributed by atoms with E-state index in [4.69, 9.17) is 10.5 Å². The lowest BCUT2D eigenvalue weighted by Crippen LogP contribution is -2.28. The van der Waals surface area contributed by atoms with Crippen molar-refractivity contribution in [1.82, 2.24) is 5.32 Å². The van der Waals surface area contributed by atoms with Crippen LogP contribution in [0.5, 0.6) is 5.75 Å². The summed E-state index contributed by atoms with van der Waals surface area (Å²) in [5.74, 6) is 0.345. The van der Waals surface area contributed by atoms with Crippen LogP contribution in [0.3, 0.4) is 0 Å². The normalized spacial score (nSPS) is 10.2. The van der Waals surface area contributed by atoms with Crippen LogP contribution in [-0.2, 0) is 9.59 Å². The first-order valence-corrected chi connectivity index (χ1v) is 9.70. The summed E-state index contributed by atoms with van der Waals surface area (Å²) in [6.45, 7) is 0.148. The predicted molar refractivity (Wildman–Crippen MR) is 110 cm³/mol. The van der Waals surface area contributed by atoms with Gasteiger partial charge in [-0.1, -0.05) is 12.1 Å². The maximum absolute atomic E-state index is 12.3. The zero-order valence-electron chi connectivity index (χ0n) is 15.6. The summed E-state index contributed by atoms with van der Waals surface area (Å²) >= 11 is 1.56. The Hall–Kier alpha value is -3.00. The van der Waals surface area contributed by atoms with Crippen molar-refractivity contribution in [2.45, 2.75) is 17.7 Å². The van der Waals surface area contributed by atoms with Gasteiger partial charge in [-0.2, -0.15) is 0 Å². The Morgan fingerprint density at radius 3 is 2.43 bits per heavy atom. The number of rotatable bonds is 10. The minimum atomic E-state index is -0.490. The molecular formula is C20H23N3O4S. The Labute approximate surface area is 168 Å². The molecule has 2 aromatic carbocycles. The molecular weight excluding hydrogens is 378 g/mol. The third-order valence-corrected chi connectivity index (χ3v) is 4.77. The third kappa shape index (κ3) is 6.96. The van der Waals surface area contributed by atoms with E-state index >= 15 is 0 Å². The molecule has 4 N–H and O–H groups in total. The van der Waals surface area contributed by atoms with Gasteiger partial charge < -0.3 is 21.1 Å². The van der Waals surface area contributed by atoms with Crippen molar-refractivity contribution in [3.8, 4) is 5.75 Å². The number of ether oxygens (including phenoxy) is 1. The highest BCUT2D eigenvalue weighted by Gasteiger charge is 2.13. The molecule has 0 aliphatic carbocycles. The molecule has 0 aliphatic heterocycles. The quantitative estimate of drug-likeness (QED) is 0.530. The van der Waals surface area contributed by atoms with E-state index in [0.717, 1.165) is 10.6 Å². The molecule has 0 atom stereocenters. The Morgan fingerprint density at radius 1 is 1.04 bits per heavy atom. The van der Waals surface area contributed by atoms with Crippen molar-refractivity contribution >= 4 is 35.2 Å². The molecule has 2 rings (SSSR count). The summed E-state index contributed by atoms with van der Waals surface area (Å²) < 4.78 is 5.12. The molecule has 0 bridgehead atoms. The van der Waals surface area contributed by atoms with Gasteiger partial charge in [-0.3, -0.25) is 14.4 Å². The molecule has 8 heteroatoms. The molecule has 0 heterocycles. The van der Waals surface area contributed by atoms with Crippen molar-refractivity contribution < 1.29 is 19.1 Å². The lowest BCUT2D eigenvalue weighted by molar-refractivity contribution is -0.118. The molecule has 0 spiro atoms. The van der Waals surface area contributed by atoms with Gasteiger partial charge >= 0.3 is 0 Å². The van der Waals surface area contributed by atoms with Crippen LogP contribution in [-0.4, -0.2) is 37.1 Å².